The predicted octanol–water partition coefficient (Wildman–Crippen LogP) is 2.63. The first kappa shape index (κ1) is 10.2. The number of hydrogen-bond donors (Lipinski definition) is 0. The highest BCUT2D eigenvalue weighted by Crippen LogP contribution is 2.28. The van der Waals surface area contributed by atoms with E-state index in [9.17, 15) is 4.79 Å². The van der Waals surface area contributed by atoms with Crippen molar-refractivity contribution in [1.29, 1.82) is 0 Å². The van der Waals surface area contributed by atoms with Gasteiger partial charge in [-0.2, -0.15) is 0 Å². The monoisotopic (exact) mass is 244 g/mol. The molecule has 0 aliphatic carbocycles. The van der Waals surface area contributed by atoms with Crippen LogP contribution in [0.4, 0.5) is 0 Å². The lowest BCUT2D eigenvalue weighted by Crippen LogP contribution is -1.99. The first-order valence-electron chi connectivity index (χ1n) is 5.02. The molecule has 0 aliphatic heterocycles. The van der Waals surface area contributed by atoms with E-state index in [0.29, 0.717) is 5.01 Å². The maximum atomic E-state index is 11.4. The fourth-order valence-corrected chi connectivity index (χ4v) is 2.69. The Morgan fingerprint density at radius 3 is 3.06 bits per heavy atom. The maximum Gasteiger partial charge on any atom is 0.367 e. The molecule has 17 heavy (non-hydrogen) atoms. The molecule has 0 amide bonds. The summed E-state index contributed by atoms with van der Waals surface area (Å²) in [6.45, 7) is 0. The molecule has 2 aromatic heterocycles. The highest BCUT2D eigenvalue weighted by atomic mass is 32.1. The smallest absolute Gasteiger partial charge is 0.367 e. The molecular weight excluding hydrogens is 236 g/mol. The number of esters is 1. The Morgan fingerprint density at radius 1 is 1.35 bits per heavy atom. The number of nitrogens with zero attached hydrogens (tertiary/aromatic N) is 2. The Morgan fingerprint density at radius 2 is 2.24 bits per heavy atom. The molecule has 0 fully saturated rings. The molecular formula is C12H8N2O2S. The second-order valence-corrected chi connectivity index (χ2v) is 4.50. The first-order valence-corrected chi connectivity index (χ1v) is 5.84. The molecule has 84 valence electrons. The zero-order chi connectivity index (χ0) is 11.8. The Bertz CT molecular complexity index is 721. The summed E-state index contributed by atoms with van der Waals surface area (Å²) in [5.41, 5.74) is 1.65. The van der Waals surface area contributed by atoms with E-state index in [1.807, 2.05) is 24.3 Å². The van der Waals surface area contributed by atoms with Crippen LogP contribution in [-0.2, 0) is 4.74 Å². The van der Waals surface area contributed by atoms with Gasteiger partial charge in [-0.15, -0.1) is 11.3 Å². The lowest BCUT2D eigenvalue weighted by atomic mass is 10.2. The number of fused-ring (bicyclic) bond motifs is 3. The van der Waals surface area contributed by atoms with Crippen LogP contribution in [0, 0.1) is 0 Å². The van der Waals surface area contributed by atoms with Crippen LogP contribution in [0.25, 0.3) is 21.1 Å². The van der Waals surface area contributed by atoms with Crippen LogP contribution in [0.3, 0.4) is 0 Å². The molecule has 0 radical (unpaired) electrons. The average molecular weight is 244 g/mol. The third-order valence-electron chi connectivity index (χ3n) is 2.49. The van der Waals surface area contributed by atoms with Gasteiger partial charge in [0.25, 0.3) is 0 Å². The molecule has 0 aliphatic rings. The van der Waals surface area contributed by atoms with Gasteiger partial charge in [0.2, 0.25) is 5.01 Å². The van der Waals surface area contributed by atoms with Crippen molar-refractivity contribution in [2.24, 2.45) is 0 Å². The summed E-state index contributed by atoms with van der Waals surface area (Å²) in [4.78, 5) is 20.0. The van der Waals surface area contributed by atoms with E-state index in [-0.39, 0.29) is 0 Å². The Hall–Kier alpha value is -2.01. The van der Waals surface area contributed by atoms with Crippen LogP contribution >= 0.6 is 11.3 Å². The van der Waals surface area contributed by atoms with Gasteiger partial charge in [-0.3, -0.25) is 4.98 Å². The lowest BCUT2D eigenvalue weighted by molar-refractivity contribution is 0.0600. The van der Waals surface area contributed by atoms with E-state index < -0.39 is 5.97 Å². The topological polar surface area (TPSA) is 52.1 Å². The number of carbonyl (C=O) groups excluding carboxylic acids is 1. The van der Waals surface area contributed by atoms with Crippen molar-refractivity contribution >= 4 is 38.4 Å². The third-order valence-corrected chi connectivity index (χ3v) is 3.55. The van der Waals surface area contributed by atoms with Gasteiger partial charge in [0.05, 0.1) is 22.8 Å². The molecule has 0 saturated carbocycles. The number of hydrogen-bond acceptors (Lipinski definition) is 5. The van der Waals surface area contributed by atoms with Gasteiger partial charge in [-0.05, 0) is 12.1 Å². The molecule has 3 aromatic rings. The van der Waals surface area contributed by atoms with E-state index in [1.54, 1.807) is 6.20 Å². The van der Waals surface area contributed by atoms with Crippen molar-refractivity contribution < 1.29 is 9.53 Å². The molecule has 1 aromatic carbocycles. The van der Waals surface area contributed by atoms with Gasteiger partial charge in [-0.25, -0.2) is 9.78 Å². The summed E-state index contributed by atoms with van der Waals surface area (Å²) in [6, 6.07) is 7.71. The molecule has 3 rings (SSSR count). The summed E-state index contributed by atoms with van der Waals surface area (Å²) in [6.07, 6.45) is 1.74. The molecule has 0 spiro atoms. The minimum absolute atomic E-state index is 0.362. The zero-order valence-electron chi connectivity index (χ0n) is 9.01. The van der Waals surface area contributed by atoms with Gasteiger partial charge >= 0.3 is 5.97 Å². The number of ether oxygens (including phenoxy) is 1. The van der Waals surface area contributed by atoms with E-state index in [1.165, 1.54) is 18.4 Å². The SMILES string of the molecule is COC(=O)c1nc2ccc3cccnc3c2s1. The number of methoxy groups -OCH3 is 1. The predicted molar refractivity (Wildman–Crippen MR) is 66.3 cm³/mol. The lowest BCUT2D eigenvalue weighted by Gasteiger charge is -1.95. The fraction of sp³-hybridized carbons (Fsp3) is 0.0833. The molecule has 4 nitrogen and oxygen atoms in total. The number of benzene rings is 1. The summed E-state index contributed by atoms with van der Waals surface area (Å²) in [7, 11) is 1.35. The van der Waals surface area contributed by atoms with Gasteiger partial charge in [-0.1, -0.05) is 12.1 Å². The summed E-state index contributed by atoms with van der Waals surface area (Å²) in [5, 5.41) is 1.40. The van der Waals surface area contributed by atoms with Crippen LogP contribution in [0.5, 0.6) is 0 Å². The molecule has 0 N–H and O–H groups in total. The second-order valence-electron chi connectivity index (χ2n) is 3.50. The summed E-state index contributed by atoms with van der Waals surface area (Å²) < 4.78 is 5.59. The minimum Gasteiger partial charge on any atom is -0.464 e. The average Bonchev–Trinajstić information content (AvgIpc) is 2.82. The van der Waals surface area contributed by atoms with Crippen molar-refractivity contribution in [2.75, 3.05) is 7.11 Å². The van der Waals surface area contributed by atoms with E-state index in [2.05, 4.69) is 14.7 Å². The molecule has 0 bridgehead atoms. The number of rotatable bonds is 1. The molecule has 2 heterocycles. The van der Waals surface area contributed by atoms with Gasteiger partial charge in [0.1, 0.15) is 0 Å². The molecule has 0 saturated heterocycles. The molecule has 5 heteroatoms. The highest BCUT2D eigenvalue weighted by Gasteiger charge is 2.14. The molecule has 0 atom stereocenters. The van der Waals surface area contributed by atoms with E-state index in [0.717, 1.165) is 21.1 Å². The largest absolute Gasteiger partial charge is 0.464 e. The normalized spacial score (nSPS) is 10.9. The Kier molecular flexibility index (Phi) is 2.26. The Balaban J connectivity index is 2.35. The quantitative estimate of drug-likeness (QED) is 0.617. The van der Waals surface area contributed by atoms with Crippen LogP contribution < -0.4 is 0 Å². The minimum atomic E-state index is -0.407. The number of carbonyl (C=O) groups is 1. The van der Waals surface area contributed by atoms with Crippen LogP contribution in [0.2, 0.25) is 0 Å². The van der Waals surface area contributed by atoms with Crippen LogP contribution in [0.15, 0.2) is 30.5 Å². The fourth-order valence-electron chi connectivity index (χ4n) is 1.70. The zero-order valence-corrected chi connectivity index (χ0v) is 9.82. The van der Waals surface area contributed by atoms with Crippen molar-refractivity contribution in [3.63, 3.8) is 0 Å². The van der Waals surface area contributed by atoms with Gasteiger partial charge in [0, 0.05) is 11.6 Å². The van der Waals surface area contributed by atoms with E-state index >= 15 is 0 Å². The molecule has 0 unspecified atom stereocenters. The third kappa shape index (κ3) is 1.55. The van der Waals surface area contributed by atoms with Crippen molar-refractivity contribution in [2.45, 2.75) is 0 Å². The number of aromatic nitrogens is 2. The van der Waals surface area contributed by atoms with Crippen molar-refractivity contribution in [3.8, 4) is 0 Å². The number of pyridine rings is 1. The van der Waals surface area contributed by atoms with E-state index in [4.69, 9.17) is 0 Å². The van der Waals surface area contributed by atoms with Crippen molar-refractivity contribution in [1.82, 2.24) is 9.97 Å². The number of thiazole rings is 1. The second kappa shape index (κ2) is 3.78. The Labute approximate surface area is 101 Å². The van der Waals surface area contributed by atoms with Crippen molar-refractivity contribution in [3.05, 3.63) is 35.5 Å². The highest BCUT2D eigenvalue weighted by molar-refractivity contribution is 7.21. The summed E-state index contributed by atoms with van der Waals surface area (Å²) in [5.74, 6) is -0.407. The van der Waals surface area contributed by atoms with Crippen LogP contribution in [-0.4, -0.2) is 23.0 Å². The first-order chi connectivity index (χ1) is 8.29. The van der Waals surface area contributed by atoms with Gasteiger partial charge < -0.3 is 4.74 Å². The summed E-state index contributed by atoms with van der Waals surface area (Å²) >= 11 is 1.31. The van der Waals surface area contributed by atoms with Crippen LogP contribution in [0.1, 0.15) is 9.80 Å². The van der Waals surface area contributed by atoms with Gasteiger partial charge in [0.15, 0.2) is 0 Å². The maximum absolute atomic E-state index is 11.4. The standard InChI is InChI=1S/C12H8N2O2S/c1-16-12(15)11-14-8-5-4-7-3-2-6-13-9(7)10(8)17-11/h2-6H,1H3.